The maximum Gasteiger partial charge on any atom is 0.328 e. The lowest BCUT2D eigenvalue weighted by Crippen LogP contribution is -2.07. The molecule has 1 N–H and O–H groups in total. The molecule has 0 radical (unpaired) electrons. The number of rotatable bonds is 5. The van der Waals surface area contributed by atoms with Gasteiger partial charge in [0.25, 0.3) is 0 Å². The monoisotopic (exact) mass is 202 g/mol. The summed E-state index contributed by atoms with van der Waals surface area (Å²) in [5, 5.41) is 9.05. The third-order valence-electron chi connectivity index (χ3n) is 1.88. The highest BCUT2D eigenvalue weighted by Gasteiger charge is 2.07. The number of aliphatic carboxylic acids is 1. The Balaban J connectivity index is 3.82. The summed E-state index contributed by atoms with van der Waals surface area (Å²) in [7, 11) is 0. The van der Waals surface area contributed by atoms with Crippen LogP contribution in [0.2, 0.25) is 0 Å². The minimum atomic E-state index is -0.852. The summed E-state index contributed by atoms with van der Waals surface area (Å²) in [6.45, 7) is 8.37. The average molecular weight is 202 g/mol. The van der Waals surface area contributed by atoms with Crippen LogP contribution >= 0.6 is 11.8 Å². The first-order chi connectivity index (χ1) is 5.93. The van der Waals surface area contributed by atoms with Gasteiger partial charge < -0.3 is 5.11 Å². The molecule has 0 aromatic carbocycles. The van der Waals surface area contributed by atoms with E-state index in [9.17, 15) is 4.79 Å². The molecule has 2 nitrogen and oxygen atoms in total. The Morgan fingerprint density at radius 3 is 2.38 bits per heavy atom. The predicted octanol–water partition coefficient (Wildman–Crippen LogP) is 2.80. The summed E-state index contributed by atoms with van der Waals surface area (Å²) in [6, 6.07) is 0. The molecule has 0 aromatic rings. The highest BCUT2D eigenvalue weighted by molar-refractivity contribution is 8.00. The fourth-order valence-electron chi connectivity index (χ4n) is 0.708. The highest BCUT2D eigenvalue weighted by Crippen LogP contribution is 2.20. The smallest absolute Gasteiger partial charge is 0.328 e. The highest BCUT2D eigenvalue weighted by atomic mass is 32.2. The van der Waals surface area contributed by atoms with E-state index in [0.29, 0.717) is 11.2 Å². The third-order valence-corrected chi connectivity index (χ3v) is 3.57. The Kier molecular flexibility index (Phi) is 5.88. The van der Waals surface area contributed by atoms with Crippen LogP contribution < -0.4 is 0 Å². The van der Waals surface area contributed by atoms with E-state index in [2.05, 4.69) is 20.8 Å². The molecule has 0 aliphatic heterocycles. The Hall–Kier alpha value is -0.440. The SMILES string of the molecule is CC(=CC(=O)O)CSC(C)C(C)C. The van der Waals surface area contributed by atoms with Crippen molar-refractivity contribution in [3.63, 3.8) is 0 Å². The number of hydrogen-bond acceptors (Lipinski definition) is 2. The van der Waals surface area contributed by atoms with Crippen LogP contribution in [0.5, 0.6) is 0 Å². The van der Waals surface area contributed by atoms with Gasteiger partial charge in [0.2, 0.25) is 0 Å². The van der Waals surface area contributed by atoms with E-state index in [-0.39, 0.29) is 0 Å². The van der Waals surface area contributed by atoms with E-state index in [0.717, 1.165) is 11.3 Å². The van der Waals surface area contributed by atoms with Crippen molar-refractivity contribution in [2.75, 3.05) is 5.75 Å². The summed E-state index contributed by atoms with van der Waals surface area (Å²) < 4.78 is 0. The Morgan fingerprint density at radius 2 is 2.00 bits per heavy atom. The van der Waals surface area contributed by atoms with Crippen molar-refractivity contribution in [3.8, 4) is 0 Å². The second-order valence-electron chi connectivity index (χ2n) is 3.59. The minimum absolute atomic E-state index is 0.581. The minimum Gasteiger partial charge on any atom is -0.478 e. The van der Waals surface area contributed by atoms with Gasteiger partial charge in [0.15, 0.2) is 0 Å². The predicted molar refractivity (Wildman–Crippen MR) is 58.2 cm³/mol. The molecule has 0 spiro atoms. The van der Waals surface area contributed by atoms with Gasteiger partial charge >= 0.3 is 5.97 Å². The number of carbonyl (C=O) groups is 1. The maximum absolute atomic E-state index is 10.3. The second kappa shape index (κ2) is 6.08. The largest absolute Gasteiger partial charge is 0.478 e. The Morgan fingerprint density at radius 1 is 1.46 bits per heavy atom. The van der Waals surface area contributed by atoms with Crippen LogP contribution in [0.15, 0.2) is 11.6 Å². The van der Waals surface area contributed by atoms with E-state index >= 15 is 0 Å². The van der Waals surface area contributed by atoms with Crippen LogP contribution in [-0.4, -0.2) is 22.1 Å². The van der Waals surface area contributed by atoms with E-state index < -0.39 is 5.97 Å². The lowest BCUT2D eigenvalue weighted by molar-refractivity contribution is -0.131. The van der Waals surface area contributed by atoms with E-state index in [4.69, 9.17) is 5.11 Å². The van der Waals surface area contributed by atoms with Gasteiger partial charge in [-0.3, -0.25) is 0 Å². The van der Waals surface area contributed by atoms with Crippen molar-refractivity contribution in [2.45, 2.75) is 32.9 Å². The van der Waals surface area contributed by atoms with E-state index in [1.807, 2.05) is 6.92 Å². The molecular formula is C10H18O2S. The summed E-state index contributed by atoms with van der Waals surface area (Å²) in [4.78, 5) is 10.3. The van der Waals surface area contributed by atoms with Gasteiger partial charge in [-0.25, -0.2) is 4.79 Å². The standard InChI is InChI=1S/C10H18O2S/c1-7(2)9(4)13-6-8(3)5-10(11)12/h5,7,9H,6H2,1-4H3,(H,11,12). The molecule has 0 aromatic heterocycles. The van der Waals surface area contributed by atoms with Gasteiger partial charge in [-0.1, -0.05) is 26.3 Å². The van der Waals surface area contributed by atoms with E-state index in [1.54, 1.807) is 11.8 Å². The van der Waals surface area contributed by atoms with Gasteiger partial charge in [0, 0.05) is 17.1 Å². The first kappa shape index (κ1) is 12.6. The lowest BCUT2D eigenvalue weighted by Gasteiger charge is -2.14. The van der Waals surface area contributed by atoms with Crippen molar-refractivity contribution >= 4 is 17.7 Å². The molecule has 0 saturated carbocycles. The topological polar surface area (TPSA) is 37.3 Å². The van der Waals surface area contributed by atoms with Crippen LogP contribution in [0.1, 0.15) is 27.7 Å². The number of carboxylic acids is 1. The normalized spacial score (nSPS) is 14.7. The van der Waals surface area contributed by atoms with Crippen molar-refractivity contribution in [1.29, 1.82) is 0 Å². The molecule has 0 aliphatic rings. The van der Waals surface area contributed by atoms with Gasteiger partial charge in [-0.2, -0.15) is 11.8 Å². The molecule has 1 atom stereocenters. The average Bonchev–Trinajstić information content (AvgIpc) is 1.98. The Bertz CT molecular complexity index is 197. The summed E-state index contributed by atoms with van der Waals surface area (Å²) in [6.07, 6.45) is 1.28. The molecule has 13 heavy (non-hydrogen) atoms. The van der Waals surface area contributed by atoms with Crippen LogP contribution in [0.25, 0.3) is 0 Å². The van der Waals surface area contributed by atoms with E-state index in [1.165, 1.54) is 6.08 Å². The van der Waals surface area contributed by atoms with Crippen LogP contribution in [-0.2, 0) is 4.79 Å². The fraction of sp³-hybridized carbons (Fsp3) is 0.700. The molecule has 0 aliphatic carbocycles. The molecule has 1 unspecified atom stereocenters. The summed E-state index contributed by atoms with van der Waals surface area (Å²) >= 11 is 1.80. The van der Waals surface area contributed by atoms with Gasteiger partial charge in [-0.05, 0) is 12.8 Å². The lowest BCUT2D eigenvalue weighted by atomic mass is 10.2. The van der Waals surface area contributed by atoms with Crippen LogP contribution in [0.3, 0.4) is 0 Å². The molecule has 0 heterocycles. The summed E-state index contributed by atoms with van der Waals surface area (Å²) in [5.74, 6) is 0.601. The maximum atomic E-state index is 10.3. The van der Waals surface area contributed by atoms with Gasteiger partial charge in [0.1, 0.15) is 0 Å². The first-order valence-corrected chi connectivity index (χ1v) is 5.50. The van der Waals surface area contributed by atoms with Gasteiger partial charge in [-0.15, -0.1) is 0 Å². The van der Waals surface area contributed by atoms with Crippen molar-refractivity contribution in [2.24, 2.45) is 5.92 Å². The zero-order valence-corrected chi connectivity index (χ0v) is 9.52. The zero-order chi connectivity index (χ0) is 10.4. The molecule has 76 valence electrons. The molecule has 0 rings (SSSR count). The third kappa shape index (κ3) is 6.70. The summed E-state index contributed by atoms with van der Waals surface area (Å²) in [5.41, 5.74) is 0.921. The van der Waals surface area contributed by atoms with Crippen LogP contribution in [0, 0.1) is 5.92 Å². The Labute approximate surface area is 84.4 Å². The van der Waals surface area contributed by atoms with Crippen molar-refractivity contribution in [3.05, 3.63) is 11.6 Å². The number of thioether (sulfide) groups is 1. The van der Waals surface area contributed by atoms with Crippen LogP contribution in [0.4, 0.5) is 0 Å². The fourth-order valence-corrected chi connectivity index (χ4v) is 1.70. The number of hydrogen-bond donors (Lipinski definition) is 1. The molecule has 0 fully saturated rings. The van der Waals surface area contributed by atoms with Crippen molar-refractivity contribution < 1.29 is 9.90 Å². The molecule has 0 bridgehead atoms. The second-order valence-corrected chi connectivity index (χ2v) is 4.95. The van der Waals surface area contributed by atoms with Crippen molar-refractivity contribution in [1.82, 2.24) is 0 Å². The molecule has 0 saturated heterocycles. The first-order valence-electron chi connectivity index (χ1n) is 4.45. The zero-order valence-electron chi connectivity index (χ0n) is 8.70. The molecule has 3 heteroatoms. The molecular weight excluding hydrogens is 184 g/mol. The quantitative estimate of drug-likeness (QED) is 0.696. The molecule has 0 amide bonds. The van der Waals surface area contributed by atoms with Gasteiger partial charge in [0.05, 0.1) is 0 Å². The number of carboxylic acid groups (broad SMARTS) is 1.